The fraction of sp³-hybridized carbons (Fsp3) is 0.300. The van der Waals surface area contributed by atoms with Gasteiger partial charge in [-0.1, -0.05) is 23.4 Å². The Balaban J connectivity index is 1.78. The molecule has 0 N–H and O–H groups in total. The van der Waals surface area contributed by atoms with Crippen molar-refractivity contribution < 1.29 is 23.8 Å². The molecule has 2 aromatic carbocycles. The largest absolute Gasteiger partial charge is 0.493 e. The number of anilines is 1. The molecule has 0 aromatic heterocycles. The summed E-state index contributed by atoms with van der Waals surface area (Å²) in [7, 11) is 6.37. The molecule has 7 heteroatoms. The van der Waals surface area contributed by atoms with E-state index in [1.807, 2.05) is 30.3 Å². The van der Waals surface area contributed by atoms with Gasteiger partial charge in [-0.2, -0.15) is 0 Å². The van der Waals surface area contributed by atoms with E-state index in [1.54, 1.807) is 45.4 Å². The van der Waals surface area contributed by atoms with Crippen molar-refractivity contribution in [2.24, 2.45) is 5.16 Å². The molecule has 0 radical (unpaired) electrons. The van der Waals surface area contributed by atoms with E-state index in [0.29, 0.717) is 29.4 Å². The minimum absolute atomic E-state index is 0.160. The van der Waals surface area contributed by atoms with Gasteiger partial charge in [0.2, 0.25) is 11.9 Å². The van der Waals surface area contributed by atoms with Gasteiger partial charge in [0.25, 0.3) is 5.91 Å². The Labute approximate surface area is 158 Å². The van der Waals surface area contributed by atoms with Gasteiger partial charge in [-0.25, -0.2) is 0 Å². The molecule has 27 heavy (non-hydrogen) atoms. The fourth-order valence-corrected chi connectivity index (χ4v) is 2.92. The highest BCUT2D eigenvalue weighted by Crippen LogP contribution is 2.39. The van der Waals surface area contributed by atoms with Crippen LogP contribution in [0.5, 0.6) is 17.2 Å². The van der Waals surface area contributed by atoms with Crippen LogP contribution in [0.15, 0.2) is 47.6 Å². The molecule has 2 aromatic rings. The number of para-hydroxylation sites is 1. The third-order valence-electron chi connectivity index (χ3n) is 4.42. The second-order valence-electron chi connectivity index (χ2n) is 5.98. The Morgan fingerprint density at radius 1 is 1.07 bits per heavy atom. The third-order valence-corrected chi connectivity index (χ3v) is 4.42. The average molecular weight is 370 g/mol. The predicted octanol–water partition coefficient (Wildman–Crippen LogP) is 2.87. The molecular formula is C20H22N2O5. The Morgan fingerprint density at radius 3 is 2.26 bits per heavy atom. The Hall–Kier alpha value is -3.22. The molecule has 142 valence electrons. The van der Waals surface area contributed by atoms with Gasteiger partial charge in [0.15, 0.2) is 11.5 Å². The van der Waals surface area contributed by atoms with Crippen molar-refractivity contribution in [3.8, 4) is 17.2 Å². The van der Waals surface area contributed by atoms with Gasteiger partial charge in [0, 0.05) is 24.7 Å². The maximum absolute atomic E-state index is 12.7. The van der Waals surface area contributed by atoms with Crippen LogP contribution in [0, 0.1) is 0 Å². The standard InChI is InChI=1S/C20H22N2O5/c1-22(14-8-6-5-7-9-14)20(23)18-12-15(21-27-18)13-10-16(24-2)19(26-4)17(11-13)25-3/h5-11,18H,12H2,1-4H3. The van der Waals surface area contributed by atoms with E-state index in [0.717, 1.165) is 11.3 Å². The van der Waals surface area contributed by atoms with Crippen molar-refractivity contribution in [1.29, 1.82) is 0 Å². The summed E-state index contributed by atoms with van der Waals surface area (Å²) in [6, 6.07) is 13.0. The monoisotopic (exact) mass is 370 g/mol. The normalized spacial score (nSPS) is 15.6. The van der Waals surface area contributed by atoms with Gasteiger partial charge in [0.1, 0.15) is 0 Å². The van der Waals surface area contributed by atoms with Crippen LogP contribution in [0.4, 0.5) is 5.69 Å². The zero-order valence-electron chi connectivity index (χ0n) is 15.8. The van der Waals surface area contributed by atoms with E-state index in [4.69, 9.17) is 19.0 Å². The second-order valence-corrected chi connectivity index (χ2v) is 5.98. The zero-order chi connectivity index (χ0) is 19.4. The highest BCUT2D eigenvalue weighted by Gasteiger charge is 2.32. The molecule has 0 aliphatic carbocycles. The molecule has 1 unspecified atom stereocenters. The predicted molar refractivity (Wildman–Crippen MR) is 102 cm³/mol. The molecule has 1 aliphatic rings. The smallest absolute Gasteiger partial charge is 0.271 e. The molecular weight excluding hydrogens is 348 g/mol. The summed E-state index contributed by atoms with van der Waals surface area (Å²) in [6.07, 6.45) is -0.321. The summed E-state index contributed by atoms with van der Waals surface area (Å²) in [5, 5.41) is 4.11. The van der Waals surface area contributed by atoms with E-state index in [9.17, 15) is 4.79 Å². The lowest BCUT2D eigenvalue weighted by atomic mass is 10.0. The molecule has 0 saturated heterocycles. The number of carbonyl (C=O) groups excluding carboxylic acids is 1. The minimum atomic E-state index is -0.677. The number of methoxy groups -OCH3 is 3. The van der Waals surface area contributed by atoms with Gasteiger partial charge in [-0.15, -0.1) is 0 Å². The van der Waals surface area contributed by atoms with Crippen LogP contribution in [0.25, 0.3) is 0 Å². The van der Waals surface area contributed by atoms with Crippen molar-refractivity contribution in [3.05, 3.63) is 48.0 Å². The molecule has 0 spiro atoms. The van der Waals surface area contributed by atoms with Crippen LogP contribution < -0.4 is 19.1 Å². The summed E-state index contributed by atoms with van der Waals surface area (Å²) in [5.74, 6) is 1.38. The third kappa shape index (κ3) is 3.67. The first kappa shape index (κ1) is 18.6. The highest BCUT2D eigenvalue weighted by molar-refractivity contribution is 6.07. The van der Waals surface area contributed by atoms with E-state index in [2.05, 4.69) is 5.16 Å². The number of oxime groups is 1. The second kappa shape index (κ2) is 7.99. The Kier molecular flexibility index (Phi) is 5.49. The van der Waals surface area contributed by atoms with Gasteiger partial charge >= 0.3 is 0 Å². The SMILES string of the molecule is COc1cc(C2=NOC(C(=O)N(C)c3ccccc3)C2)cc(OC)c1OC. The van der Waals surface area contributed by atoms with E-state index in [-0.39, 0.29) is 5.91 Å². The molecule has 1 atom stereocenters. The van der Waals surface area contributed by atoms with Crippen molar-refractivity contribution in [1.82, 2.24) is 0 Å². The molecule has 1 amide bonds. The quantitative estimate of drug-likeness (QED) is 0.782. The molecule has 1 aliphatic heterocycles. The Bertz CT molecular complexity index is 826. The summed E-state index contributed by atoms with van der Waals surface area (Å²) in [5.41, 5.74) is 2.20. The lowest BCUT2D eigenvalue weighted by Crippen LogP contribution is -2.36. The number of hydrogen-bond donors (Lipinski definition) is 0. The summed E-state index contributed by atoms with van der Waals surface area (Å²) < 4.78 is 16.1. The Morgan fingerprint density at radius 2 is 1.70 bits per heavy atom. The van der Waals surface area contributed by atoms with Crippen LogP contribution in [-0.2, 0) is 9.63 Å². The van der Waals surface area contributed by atoms with Gasteiger partial charge in [-0.3, -0.25) is 4.79 Å². The van der Waals surface area contributed by atoms with Crippen LogP contribution in [0.3, 0.4) is 0 Å². The number of nitrogens with zero attached hydrogens (tertiary/aromatic N) is 2. The first-order valence-corrected chi connectivity index (χ1v) is 8.44. The van der Waals surface area contributed by atoms with Crippen molar-refractivity contribution in [3.63, 3.8) is 0 Å². The van der Waals surface area contributed by atoms with Crippen molar-refractivity contribution >= 4 is 17.3 Å². The molecule has 0 bridgehead atoms. The van der Waals surface area contributed by atoms with Crippen LogP contribution in [0.2, 0.25) is 0 Å². The number of ether oxygens (including phenoxy) is 3. The maximum Gasteiger partial charge on any atom is 0.271 e. The van der Waals surface area contributed by atoms with E-state index < -0.39 is 6.10 Å². The average Bonchev–Trinajstić information content (AvgIpc) is 3.22. The highest BCUT2D eigenvalue weighted by atomic mass is 16.6. The van der Waals surface area contributed by atoms with Gasteiger partial charge < -0.3 is 23.9 Å². The maximum atomic E-state index is 12.7. The molecule has 0 fully saturated rings. The van der Waals surface area contributed by atoms with Gasteiger partial charge in [0.05, 0.1) is 27.0 Å². The first-order valence-electron chi connectivity index (χ1n) is 8.44. The van der Waals surface area contributed by atoms with E-state index >= 15 is 0 Å². The first-order chi connectivity index (χ1) is 13.1. The minimum Gasteiger partial charge on any atom is -0.493 e. The number of rotatable bonds is 6. The van der Waals surface area contributed by atoms with Crippen LogP contribution >= 0.6 is 0 Å². The molecule has 1 heterocycles. The topological polar surface area (TPSA) is 69.6 Å². The number of carbonyl (C=O) groups is 1. The van der Waals surface area contributed by atoms with Crippen LogP contribution in [0.1, 0.15) is 12.0 Å². The van der Waals surface area contributed by atoms with Crippen LogP contribution in [-0.4, -0.2) is 46.1 Å². The van der Waals surface area contributed by atoms with Crippen molar-refractivity contribution in [2.75, 3.05) is 33.3 Å². The number of benzene rings is 2. The summed E-state index contributed by atoms with van der Waals surface area (Å²) in [4.78, 5) is 19.7. The zero-order valence-corrected chi connectivity index (χ0v) is 15.8. The summed E-state index contributed by atoms with van der Waals surface area (Å²) >= 11 is 0. The number of hydrogen-bond acceptors (Lipinski definition) is 6. The number of amides is 1. The molecule has 0 saturated carbocycles. The lowest BCUT2D eigenvalue weighted by Gasteiger charge is -2.19. The van der Waals surface area contributed by atoms with Gasteiger partial charge in [-0.05, 0) is 24.3 Å². The number of likely N-dealkylation sites (N-methyl/N-ethyl adjacent to an activating group) is 1. The lowest BCUT2D eigenvalue weighted by molar-refractivity contribution is -0.128. The van der Waals surface area contributed by atoms with Crippen molar-refractivity contribution in [2.45, 2.75) is 12.5 Å². The van der Waals surface area contributed by atoms with E-state index in [1.165, 1.54) is 0 Å². The molecule has 3 rings (SSSR count). The summed E-state index contributed by atoms with van der Waals surface area (Å²) in [6.45, 7) is 0. The molecule has 7 nitrogen and oxygen atoms in total. The fourth-order valence-electron chi connectivity index (χ4n) is 2.92.